The van der Waals surface area contributed by atoms with Crippen LogP contribution in [0.1, 0.15) is 32.6 Å². The maximum Gasteiger partial charge on any atom is 0.416 e. The Labute approximate surface area is 215 Å². The van der Waals surface area contributed by atoms with Gasteiger partial charge in [-0.2, -0.15) is 26.3 Å². The summed E-state index contributed by atoms with van der Waals surface area (Å²) in [7, 11) is 0. The van der Waals surface area contributed by atoms with Crippen LogP contribution in [0, 0.1) is 6.92 Å². The Morgan fingerprint density at radius 1 is 0.974 bits per heavy atom. The molecule has 4 aromatic rings. The molecule has 1 heterocycles. The smallest absolute Gasteiger partial charge is 0.416 e. The number of aromatic amines is 1. The third kappa shape index (κ3) is 5.91. The number of hydrogen-bond acceptors (Lipinski definition) is 4. The minimum Gasteiger partial charge on any atom is -0.483 e. The van der Waals surface area contributed by atoms with Gasteiger partial charge < -0.3 is 15.0 Å². The minimum atomic E-state index is -5.14. The van der Waals surface area contributed by atoms with Crippen LogP contribution in [0.3, 0.4) is 0 Å². The van der Waals surface area contributed by atoms with E-state index in [1.165, 1.54) is 18.5 Å². The molecule has 0 atom stereocenters. The fraction of sp³-hybridized carbons (Fsp3) is 0.160. The minimum absolute atomic E-state index is 0.0314. The van der Waals surface area contributed by atoms with E-state index in [2.05, 4.69) is 15.3 Å². The number of H-pyrrole nitrogens is 1. The molecule has 0 unspecified atom stereocenters. The molecule has 0 bridgehead atoms. The quantitative estimate of drug-likeness (QED) is 0.202. The van der Waals surface area contributed by atoms with Gasteiger partial charge in [-0.05, 0) is 61.0 Å². The predicted molar refractivity (Wildman–Crippen MR) is 126 cm³/mol. The van der Waals surface area contributed by atoms with Gasteiger partial charge in [-0.3, -0.25) is 9.59 Å². The molecule has 0 aliphatic heterocycles. The van der Waals surface area contributed by atoms with Crippen LogP contribution in [-0.4, -0.2) is 28.3 Å². The van der Waals surface area contributed by atoms with Gasteiger partial charge in [-0.1, -0.05) is 11.6 Å². The van der Waals surface area contributed by atoms with Crippen LogP contribution in [0.2, 0.25) is 5.02 Å². The lowest BCUT2D eigenvalue weighted by Crippen LogP contribution is -2.21. The van der Waals surface area contributed by atoms with Crippen molar-refractivity contribution in [1.29, 1.82) is 0 Å². The van der Waals surface area contributed by atoms with Gasteiger partial charge in [-0.15, -0.1) is 0 Å². The molecule has 3 aromatic carbocycles. The van der Waals surface area contributed by atoms with Crippen LogP contribution in [0.25, 0.3) is 11.0 Å². The second kappa shape index (κ2) is 10.0. The molecule has 0 saturated carbocycles. The molecular weight excluding hydrogens is 540 g/mol. The number of carbonyl (C=O) groups is 2. The zero-order valence-corrected chi connectivity index (χ0v) is 20.0. The normalized spacial score (nSPS) is 12.0. The number of aryl methyl sites for hydroxylation is 1. The Balaban J connectivity index is 1.60. The number of aromatic nitrogens is 2. The van der Waals surface area contributed by atoms with E-state index in [9.17, 15) is 35.9 Å². The second-order valence-electron chi connectivity index (χ2n) is 8.19. The van der Waals surface area contributed by atoms with Crippen LogP contribution in [0.5, 0.6) is 5.75 Å². The Hall–Kier alpha value is -4.06. The van der Waals surface area contributed by atoms with E-state index in [4.69, 9.17) is 16.3 Å². The molecule has 1 amide bonds. The predicted octanol–water partition coefficient (Wildman–Crippen LogP) is 6.81. The maximum absolute atomic E-state index is 13.3. The first kappa shape index (κ1) is 27.0. The largest absolute Gasteiger partial charge is 0.483 e. The summed E-state index contributed by atoms with van der Waals surface area (Å²) in [5.74, 6) is -2.12. The molecule has 1 aromatic heterocycles. The molecule has 0 aliphatic carbocycles. The van der Waals surface area contributed by atoms with Gasteiger partial charge in [0.05, 0.1) is 34.1 Å². The van der Waals surface area contributed by atoms with Crippen LogP contribution in [0.4, 0.5) is 32.0 Å². The molecule has 0 radical (unpaired) electrons. The molecule has 2 N–H and O–H groups in total. The molecule has 0 aliphatic rings. The fourth-order valence-corrected chi connectivity index (χ4v) is 3.77. The lowest BCUT2D eigenvalue weighted by Gasteiger charge is -2.15. The average molecular weight is 556 g/mol. The average Bonchev–Trinajstić information content (AvgIpc) is 3.28. The van der Waals surface area contributed by atoms with E-state index in [1.807, 2.05) is 0 Å². The highest BCUT2D eigenvalue weighted by molar-refractivity contribution is 6.31. The monoisotopic (exact) mass is 555 g/mol. The third-order valence-electron chi connectivity index (χ3n) is 5.44. The number of ether oxygens (including phenoxy) is 1. The number of carbonyl (C=O) groups excluding carboxylic acids is 2. The Kier molecular flexibility index (Phi) is 7.11. The van der Waals surface area contributed by atoms with E-state index in [0.717, 1.165) is 11.6 Å². The number of nitrogens with zero attached hydrogens (tertiary/aromatic N) is 1. The maximum atomic E-state index is 13.3. The van der Waals surface area contributed by atoms with Crippen molar-refractivity contribution in [2.75, 3.05) is 11.9 Å². The van der Waals surface area contributed by atoms with Gasteiger partial charge in [0, 0.05) is 16.3 Å². The van der Waals surface area contributed by atoms with Gasteiger partial charge in [0.25, 0.3) is 5.91 Å². The second-order valence-corrected chi connectivity index (χ2v) is 8.62. The van der Waals surface area contributed by atoms with Crippen molar-refractivity contribution in [1.82, 2.24) is 9.97 Å². The molecule has 0 saturated heterocycles. The van der Waals surface area contributed by atoms with Crippen LogP contribution >= 0.6 is 11.6 Å². The number of benzene rings is 3. The zero-order valence-electron chi connectivity index (χ0n) is 19.2. The molecule has 198 valence electrons. The summed E-state index contributed by atoms with van der Waals surface area (Å²) in [6.45, 7) is 1.12. The number of ketones is 1. The highest BCUT2D eigenvalue weighted by atomic mass is 35.5. The van der Waals surface area contributed by atoms with Gasteiger partial charge in [0.2, 0.25) is 0 Å². The highest BCUT2D eigenvalue weighted by Crippen LogP contribution is 2.37. The highest BCUT2D eigenvalue weighted by Gasteiger charge is 2.37. The van der Waals surface area contributed by atoms with Gasteiger partial charge >= 0.3 is 12.4 Å². The molecule has 0 fully saturated rings. The molecule has 13 heteroatoms. The lowest BCUT2D eigenvalue weighted by atomic mass is 9.97. The van der Waals surface area contributed by atoms with E-state index < -0.39 is 52.9 Å². The summed E-state index contributed by atoms with van der Waals surface area (Å²) in [6.07, 6.45) is -8.79. The van der Waals surface area contributed by atoms with Crippen LogP contribution in [-0.2, 0) is 17.1 Å². The summed E-state index contributed by atoms with van der Waals surface area (Å²) < 4.78 is 85.0. The standard InChI is InChI=1S/C25H16ClF6N3O3/c1-12-4-19-20(34-11-33-19)9-18(12)35-22(36)10-38-21-3-2-16(26)8-17(21)23(37)13-5-14(24(27,28)29)7-15(6-13)25(30,31)32/h2-9,11H,10H2,1H3,(H,33,34)(H,35,36). The molecule has 38 heavy (non-hydrogen) atoms. The van der Waals surface area contributed by atoms with Crippen molar-refractivity contribution in [2.45, 2.75) is 19.3 Å². The van der Waals surface area contributed by atoms with Gasteiger partial charge in [-0.25, -0.2) is 4.98 Å². The Bertz CT molecular complexity index is 1510. The summed E-state index contributed by atoms with van der Waals surface area (Å²) in [4.78, 5) is 32.6. The van der Waals surface area contributed by atoms with Crippen molar-refractivity contribution in [3.05, 3.63) is 87.7 Å². The summed E-state index contributed by atoms with van der Waals surface area (Å²) >= 11 is 5.93. The van der Waals surface area contributed by atoms with Gasteiger partial charge in [0.15, 0.2) is 12.4 Å². The number of nitrogens with one attached hydrogen (secondary N) is 2. The lowest BCUT2D eigenvalue weighted by molar-refractivity contribution is -0.143. The Morgan fingerprint density at radius 2 is 1.63 bits per heavy atom. The number of alkyl halides is 6. The van der Waals surface area contributed by atoms with Crippen LogP contribution in [0.15, 0.2) is 54.9 Å². The van der Waals surface area contributed by atoms with E-state index in [-0.39, 0.29) is 16.8 Å². The van der Waals surface area contributed by atoms with Gasteiger partial charge in [0.1, 0.15) is 5.75 Å². The number of rotatable bonds is 6. The number of imidazole rings is 1. The zero-order chi connectivity index (χ0) is 27.8. The SMILES string of the molecule is Cc1cc2[nH]cnc2cc1NC(=O)COc1ccc(Cl)cc1C(=O)c1cc(C(F)(F)F)cc(C(F)(F)F)c1. The van der Waals surface area contributed by atoms with E-state index >= 15 is 0 Å². The molecule has 6 nitrogen and oxygen atoms in total. The summed E-state index contributed by atoms with van der Waals surface area (Å²) in [5.41, 5.74) is -2.11. The van der Waals surface area contributed by atoms with Crippen molar-refractivity contribution in [2.24, 2.45) is 0 Å². The molecule has 0 spiro atoms. The van der Waals surface area contributed by atoms with Crippen molar-refractivity contribution in [3.63, 3.8) is 0 Å². The van der Waals surface area contributed by atoms with E-state index in [0.29, 0.717) is 28.9 Å². The fourth-order valence-electron chi connectivity index (χ4n) is 3.60. The number of anilines is 1. The first-order valence-corrected chi connectivity index (χ1v) is 11.1. The third-order valence-corrected chi connectivity index (χ3v) is 5.67. The topological polar surface area (TPSA) is 84.1 Å². The van der Waals surface area contributed by atoms with Crippen molar-refractivity contribution >= 4 is 40.0 Å². The number of hydrogen-bond donors (Lipinski definition) is 2. The Morgan fingerprint density at radius 3 is 2.26 bits per heavy atom. The first-order chi connectivity index (χ1) is 17.7. The summed E-state index contributed by atoms with van der Waals surface area (Å²) in [5, 5.41) is 2.59. The van der Waals surface area contributed by atoms with Crippen LogP contribution < -0.4 is 10.1 Å². The molecule has 4 rings (SSSR count). The number of amides is 1. The number of halogens is 7. The number of fused-ring (bicyclic) bond motifs is 1. The van der Waals surface area contributed by atoms with E-state index in [1.54, 1.807) is 19.1 Å². The first-order valence-electron chi connectivity index (χ1n) is 10.7. The molecular formula is C25H16ClF6N3O3. The van der Waals surface area contributed by atoms with Crippen molar-refractivity contribution in [3.8, 4) is 5.75 Å². The van der Waals surface area contributed by atoms with Crippen molar-refractivity contribution < 1.29 is 40.7 Å². The summed E-state index contributed by atoms with van der Waals surface area (Å²) in [6, 6.07) is 7.42.